The molecular formula is C18H37N5S. The molecule has 2 heterocycles. The van der Waals surface area contributed by atoms with Crippen molar-refractivity contribution in [3.63, 3.8) is 0 Å². The highest BCUT2D eigenvalue weighted by molar-refractivity contribution is 8.00. The van der Waals surface area contributed by atoms with Crippen LogP contribution in [0, 0.1) is 5.92 Å². The van der Waals surface area contributed by atoms with Crippen molar-refractivity contribution in [3.8, 4) is 0 Å². The second-order valence-corrected chi connectivity index (χ2v) is 9.54. The number of rotatable bonds is 6. The van der Waals surface area contributed by atoms with E-state index < -0.39 is 0 Å². The number of piperazine rings is 1. The lowest BCUT2D eigenvalue weighted by Gasteiger charge is -2.40. The van der Waals surface area contributed by atoms with Crippen molar-refractivity contribution in [2.24, 2.45) is 10.9 Å². The number of aliphatic imine (C=N–C) groups is 1. The van der Waals surface area contributed by atoms with Gasteiger partial charge in [0.2, 0.25) is 0 Å². The Bertz CT molecular complexity index is 398. The lowest BCUT2D eigenvalue weighted by Crippen LogP contribution is -2.55. The predicted octanol–water partition coefficient (Wildman–Crippen LogP) is 1.71. The molecule has 0 aromatic heterocycles. The molecule has 0 spiro atoms. The average molecular weight is 356 g/mol. The summed E-state index contributed by atoms with van der Waals surface area (Å²) in [4.78, 5) is 9.48. The van der Waals surface area contributed by atoms with Gasteiger partial charge in [-0.3, -0.25) is 9.89 Å². The van der Waals surface area contributed by atoms with Gasteiger partial charge < -0.3 is 15.5 Å². The van der Waals surface area contributed by atoms with Gasteiger partial charge >= 0.3 is 0 Å². The first-order valence-corrected chi connectivity index (χ1v) is 10.4. The zero-order valence-corrected chi connectivity index (χ0v) is 17.1. The molecule has 24 heavy (non-hydrogen) atoms. The second kappa shape index (κ2) is 9.30. The Labute approximate surface area is 153 Å². The van der Waals surface area contributed by atoms with Crippen LogP contribution in [0.2, 0.25) is 0 Å². The van der Waals surface area contributed by atoms with Gasteiger partial charge in [0.15, 0.2) is 5.96 Å². The standard InChI is InChI=1S/C18H37N5S/c1-15(2)16(23-10-8-22(5)9-11-23)13-20-17(19-4)21-14-18(3)7-6-12-24-18/h15-16H,6-14H2,1-5H3,(H2,19,20,21). The molecule has 2 unspecified atom stereocenters. The molecule has 2 rings (SSSR count). The zero-order chi connectivity index (χ0) is 17.6. The molecular weight excluding hydrogens is 318 g/mol. The van der Waals surface area contributed by atoms with Crippen molar-refractivity contribution in [1.29, 1.82) is 0 Å². The van der Waals surface area contributed by atoms with E-state index in [1.54, 1.807) is 0 Å². The molecule has 0 aromatic carbocycles. The van der Waals surface area contributed by atoms with Gasteiger partial charge in [0.1, 0.15) is 0 Å². The molecule has 5 nitrogen and oxygen atoms in total. The maximum Gasteiger partial charge on any atom is 0.191 e. The van der Waals surface area contributed by atoms with Crippen LogP contribution in [0.15, 0.2) is 4.99 Å². The fourth-order valence-corrected chi connectivity index (χ4v) is 4.85. The van der Waals surface area contributed by atoms with Gasteiger partial charge in [0.25, 0.3) is 0 Å². The fourth-order valence-electron chi connectivity index (χ4n) is 3.61. The largest absolute Gasteiger partial charge is 0.355 e. The molecule has 2 aliphatic heterocycles. The van der Waals surface area contributed by atoms with Gasteiger partial charge in [-0.15, -0.1) is 0 Å². The maximum atomic E-state index is 4.43. The first kappa shape index (κ1) is 19.9. The van der Waals surface area contributed by atoms with Crippen molar-refractivity contribution in [2.75, 3.05) is 59.1 Å². The normalized spacial score (nSPS) is 28.3. The fraction of sp³-hybridized carbons (Fsp3) is 0.944. The van der Waals surface area contributed by atoms with Crippen LogP contribution in [0.5, 0.6) is 0 Å². The minimum absolute atomic E-state index is 0.368. The van der Waals surface area contributed by atoms with Crippen molar-refractivity contribution in [1.82, 2.24) is 20.4 Å². The lowest BCUT2D eigenvalue weighted by atomic mass is 10.0. The van der Waals surface area contributed by atoms with Crippen LogP contribution in [0.1, 0.15) is 33.6 Å². The molecule has 0 aliphatic carbocycles. The Morgan fingerprint density at radius 1 is 1.21 bits per heavy atom. The van der Waals surface area contributed by atoms with E-state index in [1.807, 2.05) is 7.05 Å². The predicted molar refractivity (Wildman–Crippen MR) is 107 cm³/mol. The number of guanidine groups is 1. The highest BCUT2D eigenvalue weighted by atomic mass is 32.2. The third-order valence-corrected chi connectivity index (χ3v) is 6.95. The van der Waals surface area contributed by atoms with Crippen LogP contribution in [-0.4, -0.2) is 85.7 Å². The minimum Gasteiger partial charge on any atom is -0.355 e. The van der Waals surface area contributed by atoms with Crippen LogP contribution < -0.4 is 10.6 Å². The van der Waals surface area contributed by atoms with E-state index in [4.69, 9.17) is 0 Å². The molecule has 0 saturated carbocycles. The van der Waals surface area contributed by atoms with Crippen molar-refractivity contribution in [2.45, 2.75) is 44.4 Å². The summed E-state index contributed by atoms with van der Waals surface area (Å²) in [5.41, 5.74) is 0. The summed E-state index contributed by atoms with van der Waals surface area (Å²) in [5.74, 6) is 2.88. The van der Waals surface area contributed by atoms with Gasteiger partial charge in [-0.2, -0.15) is 11.8 Å². The summed E-state index contributed by atoms with van der Waals surface area (Å²) < 4.78 is 0.368. The highest BCUT2D eigenvalue weighted by Gasteiger charge is 2.30. The van der Waals surface area contributed by atoms with Crippen molar-refractivity contribution < 1.29 is 0 Å². The number of nitrogens with one attached hydrogen (secondary N) is 2. The molecule has 2 aliphatic rings. The summed E-state index contributed by atoms with van der Waals surface area (Å²) in [7, 11) is 4.09. The van der Waals surface area contributed by atoms with E-state index in [0.29, 0.717) is 16.7 Å². The molecule has 2 fully saturated rings. The maximum absolute atomic E-state index is 4.43. The number of nitrogens with zero attached hydrogens (tertiary/aromatic N) is 3. The molecule has 0 aromatic rings. The topological polar surface area (TPSA) is 42.9 Å². The summed E-state index contributed by atoms with van der Waals surface area (Å²) in [6, 6.07) is 0.564. The Hall–Kier alpha value is -0.460. The van der Waals surface area contributed by atoms with Crippen LogP contribution >= 0.6 is 11.8 Å². The first-order chi connectivity index (χ1) is 11.4. The molecule has 0 radical (unpaired) electrons. The van der Waals surface area contributed by atoms with Gasteiger partial charge in [0.05, 0.1) is 0 Å². The molecule has 2 saturated heterocycles. The van der Waals surface area contributed by atoms with Gasteiger partial charge in [-0.05, 0) is 38.5 Å². The van der Waals surface area contributed by atoms with Crippen LogP contribution in [0.25, 0.3) is 0 Å². The van der Waals surface area contributed by atoms with Crippen LogP contribution in [-0.2, 0) is 0 Å². The van der Waals surface area contributed by atoms with E-state index in [9.17, 15) is 0 Å². The van der Waals surface area contributed by atoms with Gasteiger partial charge in [0, 0.05) is 57.1 Å². The quantitative estimate of drug-likeness (QED) is 0.561. The molecule has 2 N–H and O–H groups in total. The number of thioether (sulfide) groups is 1. The SMILES string of the molecule is CN=C(NCC(C(C)C)N1CCN(C)CC1)NCC1(C)CCCS1. The monoisotopic (exact) mass is 355 g/mol. The van der Waals surface area contributed by atoms with E-state index in [-0.39, 0.29) is 0 Å². The number of likely N-dealkylation sites (N-methyl/N-ethyl adjacent to an activating group) is 1. The van der Waals surface area contributed by atoms with E-state index in [0.717, 1.165) is 19.0 Å². The molecule has 0 bridgehead atoms. The average Bonchev–Trinajstić information content (AvgIpc) is 2.99. The third-order valence-electron chi connectivity index (χ3n) is 5.41. The summed E-state index contributed by atoms with van der Waals surface area (Å²) >= 11 is 2.09. The molecule has 0 amide bonds. The second-order valence-electron chi connectivity index (χ2n) is 7.86. The highest BCUT2D eigenvalue weighted by Crippen LogP contribution is 2.36. The smallest absolute Gasteiger partial charge is 0.191 e. The summed E-state index contributed by atoms with van der Waals surface area (Å²) in [5, 5.41) is 7.12. The van der Waals surface area contributed by atoms with Crippen molar-refractivity contribution in [3.05, 3.63) is 0 Å². The van der Waals surface area contributed by atoms with Gasteiger partial charge in [-0.1, -0.05) is 13.8 Å². The minimum atomic E-state index is 0.368. The molecule has 6 heteroatoms. The van der Waals surface area contributed by atoms with Gasteiger partial charge in [-0.25, -0.2) is 0 Å². The zero-order valence-electron chi connectivity index (χ0n) is 16.3. The van der Waals surface area contributed by atoms with Crippen molar-refractivity contribution >= 4 is 17.7 Å². The number of hydrogen-bond donors (Lipinski definition) is 2. The summed E-state index contributed by atoms with van der Waals surface area (Å²) in [6.45, 7) is 13.7. The van der Waals surface area contributed by atoms with E-state index in [2.05, 4.69) is 65.0 Å². The third kappa shape index (κ3) is 5.81. The Balaban J connectivity index is 1.80. The van der Waals surface area contributed by atoms with Crippen LogP contribution in [0.4, 0.5) is 0 Å². The Morgan fingerprint density at radius 2 is 1.92 bits per heavy atom. The first-order valence-electron chi connectivity index (χ1n) is 9.44. The Kier molecular flexibility index (Phi) is 7.69. The lowest BCUT2D eigenvalue weighted by molar-refractivity contribution is 0.0900. The van der Waals surface area contributed by atoms with E-state index >= 15 is 0 Å². The Morgan fingerprint density at radius 3 is 2.46 bits per heavy atom. The molecule has 2 atom stereocenters. The summed E-state index contributed by atoms with van der Waals surface area (Å²) in [6.07, 6.45) is 2.64. The van der Waals surface area contributed by atoms with E-state index in [1.165, 1.54) is 44.8 Å². The number of hydrogen-bond acceptors (Lipinski definition) is 4. The molecule has 140 valence electrons. The van der Waals surface area contributed by atoms with Crippen LogP contribution in [0.3, 0.4) is 0 Å².